The van der Waals surface area contributed by atoms with E-state index in [1.165, 1.54) is 0 Å². The molecule has 22 heavy (non-hydrogen) atoms. The zero-order chi connectivity index (χ0) is 16.6. The van der Waals surface area contributed by atoms with Gasteiger partial charge >= 0.3 is 6.09 Å². The highest BCUT2D eigenvalue weighted by atomic mass is 16.6. The predicted molar refractivity (Wildman–Crippen MR) is 83.2 cm³/mol. The molecule has 0 bridgehead atoms. The van der Waals surface area contributed by atoms with Gasteiger partial charge in [-0.1, -0.05) is 13.3 Å². The van der Waals surface area contributed by atoms with Crippen molar-refractivity contribution in [2.45, 2.75) is 58.7 Å². The number of furan rings is 1. The van der Waals surface area contributed by atoms with Gasteiger partial charge in [0, 0.05) is 12.6 Å². The number of hydrogen-bond donors (Lipinski definition) is 2. The molecular formula is C16H25N3O3. The van der Waals surface area contributed by atoms with Crippen molar-refractivity contribution in [3.8, 4) is 6.07 Å². The number of rotatable bonds is 7. The Morgan fingerprint density at radius 3 is 2.73 bits per heavy atom. The minimum absolute atomic E-state index is 0.119. The number of carbonyl (C=O) groups excluding carboxylic acids is 1. The molecule has 1 rings (SSSR count). The number of hydrogen-bond acceptors (Lipinski definition) is 5. The minimum atomic E-state index is -0.500. The van der Waals surface area contributed by atoms with Crippen LogP contribution in [-0.4, -0.2) is 24.3 Å². The fraction of sp³-hybridized carbons (Fsp3) is 0.625. The molecular weight excluding hydrogens is 282 g/mol. The topological polar surface area (TPSA) is 87.3 Å². The van der Waals surface area contributed by atoms with E-state index in [2.05, 4.69) is 17.6 Å². The molecule has 1 amide bonds. The molecule has 0 aliphatic rings. The maximum atomic E-state index is 11.7. The molecule has 6 heteroatoms. The highest BCUT2D eigenvalue weighted by Crippen LogP contribution is 2.08. The molecule has 1 atom stereocenters. The van der Waals surface area contributed by atoms with E-state index in [-0.39, 0.29) is 6.04 Å². The zero-order valence-corrected chi connectivity index (χ0v) is 13.7. The third-order valence-electron chi connectivity index (χ3n) is 2.87. The monoisotopic (exact) mass is 307 g/mol. The fourth-order valence-electron chi connectivity index (χ4n) is 1.92. The van der Waals surface area contributed by atoms with Crippen LogP contribution in [0.2, 0.25) is 0 Å². The van der Waals surface area contributed by atoms with Crippen LogP contribution < -0.4 is 10.6 Å². The van der Waals surface area contributed by atoms with Gasteiger partial charge in [0.05, 0.1) is 6.54 Å². The Morgan fingerprint density at radius 2 is 2.18 bits per heavy atom. The summed E-state index contributed by atoms with van der Waals surface area (Å²) in [6.07, 6.45) is 1.50. The quantitative estimate of drug-likeness (QED) is 0.808. The molecule has 0 aliphatic carbocycles. The molecule has 1 unspecified atom stereocenters. The van der Waals surface area contributed by atoms with Gasteiger partial charge in [-0.2, -0.15) is 5.26 Å². The Hall–Kier alpha value is -2.00. The summed E-state index contributed by atoms with van der Waals surface area (Å²) in [6.45, 7) is 8.58. The molecule has 0 saturated heterocycles. The van der Waals surface area contributed by atoms with Gasteiger partial charge in [0.1, 0.15) is 17.4 Å². The van der Waals surface area contributed by atoms with Gasteiger partial charge in [-0.15, -0.1) is 0 Å². The molecule has 122 valence electrons. The molecule has 0 spiro atoms. The first-order valence-corrected chi connectivity index (χ1v) is 7.53. The standard InChI is InChI=1S/C16H25N3O3/c1-5-6-12(10-19-15(20)22-16(2,3)4)18-11-14-8-7-13(9-17)21-14/h7-8,12,18H,5-6,10-11H2,1-4H3,(H,19,20). The molecule has 1 aromatic heterocycles. The predicted octanol–water partition coefficient (Wildman–Crippen LogP) is 2.93. The van der Waals surface area contributed by atoms with Gasteiger partial charge in [-0.05, 0) is 39.3 Å². The van der Waals surface area contributed by atoms with E-state index in [9.17, 15) is 4.79 Å². The highest BCUT2D eigenvalue weighted by Gasteiger charge is 2.17. The Balaban J connectivity index is 2.41. The van der Waals surface area contributed by atoms with Crippen LogP contribution >= 0.6 is 0 Å². The first-order valence-electron chi connectivity index (χ1n) is 7.53. The van der Waals surface area contributed by atoms with E-state index in [4.69, 9.17) is 14.4 Å². The van der Waals surface area contributed by atoms with E-state index < -0.39 is 11.7 Å². The lowest BCUT2D eigenvalue weighted by Crippen LogP contribution is -2.42. The van der Waals surface area contributed by atoms with Gasteiger partial charge in [0.15, 0.2) is 0 Å². The number of ether oxygens (including phenoxy) is 1. The lowest BCUT2D eigenvalue weighted by atomic mass is 10.1. The van der Waals surface area contributed by atoms with Crippen molar-refractivity contribution in [2.24, 2.45) is 0 Å². The van der Waals surface area contributed by atoms with Crippen LogP contribution in [0.5, 0.6) is 0 Å². The Kier molecular flexibility index (Phi) is 6.93. The van der Waals surface area contributed by atoms with Crippen molar-refractivity contribution in [3.05, 3.63) is 23.7 Å². The summed E-state index contributed by atoms with van der Waals surface area (Å²) < 4.78 is 10.5. The molecule has 0 radical (unpaired) electrons. The maximum Gasteiger partial charge on any atom is 0.407 e. The molecule has 6 nitrogen and oxygen atoms in total. The average Bonchev–Trinajstić information content (AvgIpc) is 2.88. The van der Waals surface area contributed by atoms with Crippen molar-refractivity contribution < 1.29 is 13.9 Å². The summed E-state index contributed by atoms with van der Waals surface area (Å²) >= 11 is 0. The van der Waals surface area contributed by atoms with Gasteiger partial charge in [-0.3, -0.25) is 0 Å². The fourth-order valence-corrected chi connectivity index (χ4v) is 1.92. The van der Waals surface area contributed by atoms with Crippen LogP contribution in [0, 0.1) is 11.3 Å². The third-order valence-corrected chi connectivity index (χ3v) is 2.87. The summed E-state index contributed by atoms with van der Waals surface area (Å²) in [5.41, 5.74) is -0.500. The van der Waals surface area contributed by atoms with Gasteiger partial charge in [0.25, 0.3) is 0 Å². The number of nitrogens with zero attached hydrogens (tertiary/aromatic N) is 1. The van der Waals surface area contributed by atoms with E-state index in [0.29, 0.717) is 24.6 Å². The molecule has 1 aromatic rings. The Morgan fingerprint density at radius 1 is 1.45 bits per heavy atom. The van der Waals surface area contributed by atoms with Crippen molar-refractivity contribution in [2.75, 3.05) is 6.54 Å². The summed E-state index contributed by atoms with van der Waals surface area (Å²) in [5.74, 6) is 1.01. The highest BCUT2D eigenvalue weighted by molar-refractivity contribution is 5.67. The molecule has 0 aromatic carbocycles. The van der Waals surface area contributed by atoms with E-state index >= 15 is 0 Å². The molecule has 0 fully saturated rings. The summed E-state index contributed by atoms with van der Waals surface area (Å²) in [7, 11) is 0. The molecule has 0 aliphatic heterocycles. The lowest BCUT2D eigenvalue weighted by molar-refractivity contribution is 0.0521. The van der Waals surface area contributed by atoms with Crippen LogP contribution in [0.3, 0.4) is 0 Å². The van der Waals surface area contributed by atoms with E-state index in [1.807, 2.05) is 26.8 Å². The van der Waals surface area contributed by atoms with Gasteiger partial charge in [-0.25, -0.2) is 4.79 Å². The second-order valence-electron chi connectivity index (χ2n) is 6.13. The van der Waals surface area contributed by atoms with E-state index in [1.54, 1.807) is 12.1 Å². The van der Waals surface area contributed by atoms with Crippen LogP contribution in [0.15, 0.2) is 16.5 Å². The number of nitriles is 1. The smallest absolute Gasteiger partial charge is 0.407 e. The van der Waals surface area contributed by atoms with Crippen LogP contribution in [0.1, 0.15) is 52.1 Å². The van der Waals surface area contributed by atoms with Crippen LogP contribution in [0.25, 0.3) is 0 Å². The third kappa shape index (κ3) is 7.14. The largest absolute Gasteiger partial charge is 0.449 e. The zero-order valence-electron chi connectivity index (χ0n) is 13.7. The average molecular weight is 307 g/mol. The number of amides is 1. The van der Waals surface area contributed by atoms with Gasteiger partial charge < -0.3 is 19.8 Å². The van der Waals surface area contributed by atoms with Crippen molar-refractivity contribution in [1.29, 1.82) is 5.26 Å². The van der Waals surface area contributed by atoms with Crippen LogP contribution in [0.4, 0.5) is 4.79 Å². The SMILES string of the molecule is CCCC(CNC(=O)OC(C)(C)C)NCc1ccc(C#N)o1. The van der Waals surface area contributed by atoms with Crippen molar-refractivity contribution in [1.82, 2.24) is 10.6 Å². The second-order valence-corrected chi connectivity index (χ2v) is 6.13. The van der Waals surface area contributed by atoms with E-state index in [0.717, 1.165) is 12.8 Å². The number of nitrogens with one attached hydrogen (secondary N) is 2. The summed E-state index contributed by atoms with van der Waals surface area (Å²) in [5, 5.41) is 14.8. The Labute approximate surface area is 131 Å². The summed E-state index contributed by atoms with van der Waals surface area (Å²) in [6, 6.07) is 5.49. The first-order chi connectivity index (χ1) is 10.3. The van der Waals surface area contributed by atoms with Crippen molar-refractivity contribution in [3.63, 3.8) is 0 Å². The Bertz CT molecular complexity index is 511. The second kappa shape index (κ2) is 8.44. The first kappa shape index (κ1) is 18.1. The van der Waals surface area contributed by atoms with Crippen molar-refractivity contribution >= 4 is 6.09 Å². The lowest BCUT2D eigenvalue weighted by Gasteiger charge is -2.22. The number of alkyl carbamates (subject to hydrolysis) is 1. The van der Waals surface area contributed by atoms with Crippen LogP contribution in [-0.2, 0) is 11.3 Å². The maximum absolute atomic E-state index is 11.7. The number of carbonyl (C=O) groups is 1. The normalized spacial score (nSPS) is 12.5. The molecule has 2 N–H and O–H groups in total. The minimum Gasteiger partial charge on any atom is -0.449 e. The molecule has 0 saturated carbocycles. The summed E-state index contributed by atoms with van der Waals surface area (Å²) in [4.78, 5) is 11.7. The van der Waals surface area contributed by atoms with Gasteiger partial charge in [0.2, 0.25) is 5.76 Å². The molecule has 1 heterocycles.